The van der Waals surface area contributed by atoms with Crippen LogP contribution in [0.15, 0.2) is 17.1 Å². The Labute approximate surface area is 223 Å². The summed E-state index contributed by atoms with van der Waals surface area (Å²) in [7, 11) is -3.36. The van der Waals surface area contributed by atoms with Crippen molar-refractivity contribution < 1.29 is 17.9 Å². The molecule has 0 bridgehead atoms. The minimum Gasteiger partial charge on any atom is -0.444 e. The molecule has 1 amide bonds. The number of aromatic nitrogens is 3. The number of hydrogen-bond donors (Lipinski definition) is 2. The van der Waals surface area contributed by atoms with E-state index in [-0.39, 0.29) is 35.5 Å². The molecule has 1 saturated carbocycles. The van der Waals surface area contributed by atoms with Gasteiger partial charge in [-0.05, 0) is 52.5 Å². The topological polar surface area (TPSA) is 136 Å². The van der Waals surface area contributed by atoms with Crippen LogP contribution < -0.4 is 16.2 Å². The lowest BCUT2D eigenvalue weighted by molar-refractivity contribution is 0.0635. The molecule has 2 aromatic heterocycles. The average Bonchev–Trinajstić information content (AvgIpc) is 3.37. The number of amides is 1. The molecular weight excluding hydrogens is 508 g/mol. The number of hydrogen-bond acceptors (Lipinski definition) is 8. The molecule has 0 aromatic carbocycles. The van der Waals surface area contributed by atoms with Crippen LogP contribution in [-0.2, 0) is 14.8 Å². The molecule has 38 heavy (non-hydrogen) atoms. The highest BCUT2D eigenvalue weighted by Crippen LogP contribution is 2.31. The number of terminal acetylenes is 1. The van der Waals surface area contributed by atoms with Crippen LogP contribution in [0.3, 0.4) is 0 Å². The molecule has 1 aliphatic carbocycles. The zero-order chi connectivity index (χ0) is 27.5. The van der Waals surface area contributed by atoms with Crippen molar-refractivity contribution in [3.63, 3.8) is 0 Å². The van der Waals surface area contributed by atoms with Gasteiger partial charge in [0.1, 0.15) is 16.9 Å². The first-order valence-electron chi connectivity index (χ1n) is 13.1. The Morgan fingerprint density at radius 1 is 1.21 bits per heavy atom. The van der Waals surface area contributed by atoms with Crippen molar-refractivity contribution in [1.29, 1.82) is 0 Å². The molecule has 1 saturated heterocycles. The van der Waals surface area contributed by atoms with Crippen molar-refractivity contribution in [1.82, 2.24) is 18.8 Å². The van der Waals surface area contributed by atoms with Crippen LogP contribution in [0.25, 0.3) is 11.0 Å². The number of anilines is 2. The molecule has 1 aliphatic heterocycles. The molecule has 2 fully saturated rings. The molecule has 0 spiro atoms. The SMILES string of the molecule is C#CCCS(=O)(=O)N1CCC(Nc2ncc3cc(NC(=O)OC(C)(C)C)c(=O)n(C4CCCC4)c3n2)CC1. The number of rotatable bonds is 7. The zero-order valence-electron chi connectivity index (χ0n) is 22.2. The fourth-order valence-corrected chi connectivity index (χ4v) is 6.37. The van der Waals surface area contributed by atoms with Crippen LogP contribution in [0.5, 0.6) is 0 Å². The minimum absolute atomic E-state index is 0.00806. The van der Waals surface area contributed by atoms with E-state index in [1.54, 1.807) is 37.6 Å². The maximum Gasteiger partial charge on any atom is 0.412 e. The van der Waals surface area contributed by atoms with Crippen molar-refractivity contribution >= 4 is 38.8 Å². The van der Waals surface area contributed by atoms with Gasteiger partial charge in [0.05, 0.1) is 5.75 Å². The number of fused-ring (bicyclic) bond motifs is 1. The van der Waals surface area contributed by atoms with E-state index in [4.69, 9.17) is 16.1 Å². The van der Waals surface area contributed by atoms with Crippen LogP contribution in [0, 0.1) is 12.3 Å². The first kappa shape index (κ1) is 27.9. The number of sulfonamides is 1. The Morgan fingerprint density at radius 2 is 1.89 bits per heavy atom. The van der Waals surface area contributed by atoms with Gasteiger partial charge in [-0.1, -0.05) is 12.8 Å². The van der Waals surface area contributed by atoms with Crippen molar-refractivity contribution in [3.8, 4) is 12.3 Å². The Balaban J connectivity index is 1.56. The zero-order valence-corrected chi connectivity index (χ0v) is 23.0. The number of carbonyl (C=O) groups excluding carboxylic acids is 1. The number of ether oxygens (including phenoxy) is 1. The Bertz CT molecular complexity index is 1380. The average molecular weight is 545 g/mol. The molecular formula is C26H36N6O5S. The van der Waals surface area contributed by atoms with Gasteiger partial charge < -0.3 is 10.1 Å². The van der Waals surface area contributed by atoms with Crippen LogP contribution in [-0.4, -0.2) is 63.8 Å². The maximum atomic E-state index is 13.5. The molecule has 12 heteroatoms. The van der Waals surface area contributed by atoms with Crippen molar-refractivity contribution in [2.75, 3.05) is 29.5 Å². The second-order valence-electron chi connectivity index (χ2n) is 10.9. The third-order valence-electron chi connectivity index (χ3n) is 6.78. The lowest BCUT2D eigenvalue weighted by atomic mass is 10.1. The first-order chi connectivity index (χ1) is 18.0. The van der Waals surface area contributed by atoms with Gasteiger partial charge in [-0.2, -0.15) is 4.98 Å². The summed E-state index contributed by atoms with van der Waals surface area (Å²) in [5.41, 5.74) is -0.396. The number of pyridine rings is 1. The highest BCUT2D eigenvalue weighted by molar-refractivity contribution is 7.89. The van der Waals surface area contributed by atoms with E-state index in [0.717, 1.165) is 25.7 Å². The summed E-state index contributed by atoms with van der Waals surface area (Å²) in [6.07, 6.45) is 11.3. The van der Waals surface area contributed by atoms with E-state index in [1.165, 1.54) is 4.31 Å². The summed E-state index contributed by atoms with van der Waals surface area (Å²) in [4.78, 5) is 35.1. The summed E-state index contributed by atoms with van der Waals surface area (Å²) >= 11 is 0. The van der Waals surface area contributed by atoms with Crippen molar-refractivity contribution in [3.05, 3.63) is 22.6 Å². The third-order valence-corrected chi connectivity index (χ3v) is 8.66. The Morgan fingerprint density at radius 3 is 2.53 bits per heavy atom. The third kappa shape index (κ3) is 6.63. The summed E-state index contributed by atoms with van der Waals surface area (Å²) in [6.45, 7) is 6.06. The standard InChI is InChI=1S/C26H36N6O5S/c1-5-6-15-38(35,36)31-13-11-19(12-14-31)28-24-27-17-18-16-21(29-25(34)37-26(2,3)4)23(33)32(22(18)30-24)20-9-7-8-10-20/h1,16-17,19-20H,6-15H2,2-4H3,(H,29,34)(H,27,28,30). The molecule has 2 aliphatic rings. The maximum absolute atomic E-state index is 13.5. The van der Waals surface area contributed by atoms with Gasteiger partial charge in [0, 0.05) is 43.2 Å². The molecule has 2 aromatic rings. The number of carbonyl (C=O) groups is 1. The molecule has 0 unspecified atom stereocenters. The summed E-state index contributed by atoms with van der Waals surface area (Å²) in [6, 6.07) is 1.55. The van der Waals surface area contributed by atoms with E-state index in [1.807, 2.05) is 0 Å². The number of nitrogens with one attached hydrogen (secondary N) is 2. The van der Waals surface area contributed by atoms with E-state index < -0.39 is 21.7 Å². The van der Waals surface area contributed by atoms with Gasteiger partial charge in [-0.25, -0.2) is 22.5 Å². The highest BCUT2D eigenvalue weighted by Gasteiger charge is 2.29. The normalized spacial score (nSPS) is 17.8. The van der Waals surface area contributed by atoms with Crippen LogP contribution >= 0.6 is 0 Å². The first-order valence-corrected chi connectivity index (χ1v) is 14.7. The number of piperidine rings is 1. The van der Waals surface area contributed by atoms with Crippen LogP contribution in [0.2, 0.25) is 0 Å². The van der Waals surface area contributed by atoms with E-state index in [2.05, 4.69) is 21.5 Å². The van der Waals surface area contributed by atoms with E-state index in [0.29, 0.717) is 42.9 Å². The van der Waals surface area contributed by atoms with E-state index >= 15 is 0 Å². The predicted octanol–water partition coefficient (Wildman–Crippen LogP) is 3.48. The molecule has 2 N–H and O–H groups in total. The smallest absolute Gasteiger partial charge is 0.412 e. The predicted molar refractivity (Wildman–Crippen MR) is 147 cm³/mol. The monoisotopic (exact) mass is 544 g/mol. The molecule has 4 rings (SSSR count). The van der Waals surface area contributed by atoms with Gasteiger partial charge in [0.15, 0.2) is 0 Å². The molecule has 3 heterocycles. The van der Waals surface area contributed by atoms with Gasteiger partial charge in [-0.15, -0.1) is 12.3 Å². The fourth-order valence-electron chi connectivity index (χ4n) is 4.97. The fraction of sp³-hybridized carbons (Fsp3) is 0.615. The summed E-state index contributed by atoms with van der Waals surface area (Å²) in [5, 5.41) is 6.55. The second-order valence-corrected chi connectivity index (χ2v) is 12.9. The van der Waals surface area contributed by atoms with Gasteiger partial charge in [0.25, 0.3) is 5.56 Å². The second kappa shape index (κ2) is 11.3. The van der Waals surface area contributed by atoms with Gasteiger partial charge in [0.2, 0.25) is 16.0 Å². The molecule has 11 nitrogen and oxygen atoms in total. The Kier molecular flexibility index (Phi) is 8.28. The summed E-state index contributed by atoms with van der Waals surface area (Å²) < 4.78 is 33.4. The van der Waals surface area contributed by atoms with Crippen molar-refractivity contribution in [2.45, 2.75) is 83.4 Å². The molecule has 206 valence electrons. The van der Waals surface area contributed by atoms with Crippen molar-refractivity contribution in [2.24, 2.45) is 0 Å². The van der Waals surface area contributed by atoms with Gasteiger partial charge >= 0.3 is 6.09 Å². The van der Waals surface area contributed by atoms with Crippen LogP contribution in [0.4, 0.5) is 16.4 Å². The lowest BCUT2D eigenvalue weighted by Gasteiger charge is -2.31. The minimum atomic E-state index is -3.36. The van der Waals surface area contributed by atoms with Crippen LogP contribution in [0.1, 0.15) is 71.8 Å². The molecule has 0 radical (unpaired) electrons. The molecule has 0 atom stereocenters. The Hall–Kier alpha value is -3.17. The quantitative estimate of drug-likeness (QED) is 0.506. The number of nitrogens with zero attached hydrogens (tertiary/aromatic N) is 4. The van der Waals surface area contributed by atoms with E-state index in [9.17, 15) is 18.0 Å². The lowest BCUT2D eigenvalue weighted by Crippen LogP contribution is -2.43. The summed E-state index contributed by atoms with van der Waals surface area (Å²) in [5.74, 6) is 2.72. The van der Waals surface area contributed by atoms with Gasteiger partial charge in [-0.3, -0.25) is 14.7 Å². The highest BCUT2D eigenvalue weighted by atomic mass is 32.2. The largest absolute Gasteiger partial charge is 0.444 e.